The molecule has 2 heterocycles. The Morgan fingerprint density at radius 2 is 1.93 bits per heavy atom. The summed E-state index contributed by atoms with van der Waals surface area (Å²) in [6.45, 7) is 0. The van der Waals surface area contributed by atoms with Crippen LogP contribution in [0.3, 0.4) is 0 Å². The smallest absolute Gasteiger partial charge is 0.226 e. The minimum atomic E-state index is -0.314. The number of halogens is 1. The number of carbonyl (C=O) groups excluding carboxylic acids is 1. The highest BCUT2D eigenvalue weighted by Gasteiger charge is 2.31. The molecule has 4 rings (SSSR count). The summed E-state index contributed by atoms with van der Waals surface area (Å²) in [7, 11) is 3.16. The van der Waals surface area contributed by atoms with Gasteiger partial charge in [-0.15, -0.1) is 0 Å². The van der Waals surface area contributed by atoms with E-state index >= 15 is 0 Å². The van der Waals surface area contributed by atoms with Gasteiger partial charge in [0.25, 0.3) is 0 Å². The van der Waals surface area contributed by atoms with E-state index in [-0.39, 0.29) is 24.1 Å². The van der Waals surface area contributed by atoms with Crippen molar-refractivity contribution >= 4 is 11.7 Å². The Kier molecular flexibility index (Phi) is 4.27. The topological polar surface area (TPSA) is 65.4 Å². The van der Waals surface area contributed by atoms with Gasteiger partial charge in [-0.1, -0.05) is 12.1 Å². The van der Waals surface area contributed by atoms with E-state index in [4.69, 9.17) is 9.47 Å². The number of imidazole rings is 1. The number of methoxy groups -OCH3 is 2. The summed E-state index contributed by atoms with van der Waals surface area (Å²) in [6, 6.07) is 11.6. The lowest BCUT2D eigenvalue weighted by atomic mass is 9.90. The number of hydrogen-bond donors (Lipinski definition) is 1. The molecule has 1 aliphatic rings. The van der Waals surface area contributed by atoms with E-state index in [1.807, 2.05) is 6.07 Å². The second-order valence-electron chi connectivity index (χ2n) is 6.24. The molecule has 6 nitrogen and oxygen atoms in total. The van der Waals surface area contributed by atoms with Crippen LogP contribution in [0.15, 0.2) is 48.8 Å². The molecule has 138 valence electrons. The summed E-state index contributed by atoms with van der Waals surface area (Å²) in [5, 5.41) is 2.90. The number of hydrogen-bond acceptors (Lipinski definition) is 4. The second kappa shape index (κ2) is 6.75. The summed E-state index contributed by atoms with van der Waals surface area (Å²) >= 11 is 0. The number of aromatic nitrogens is 2. The molecule has 1 N–H and O–H groups in total. The van der Waals surface area contributed by atoms with Gasteiger partial charge in [0.05, 0.1) is 25.6 Å². The number of ether oxygens (including phenoxy) is 2. The maximum atomic E-state index is 13.3. The first-order valence-electron chi connectivity index (χ1n) is 8.45. The van der Waals surface area contributed by atoms with Crippen molar-refractivity contribution < 1.29 is 18.7 Å². The van der Waals surface area contributed by atoms with Crippen molar-refractivity contribution in [1.29, 1.82) is 0 Å². The van der Waals surface area contributed by atoms with E-state index in [0.717, 1.165) is 11.3 Å². The maximum Gasteiger partial charge on any atom is 0.226 e. The first kappa shape index (κ1) is 17.1. The fraction of sp³-hybridized carbons (Fsp3) is 0.200. The average molecular weight is 367 g/mol. The van der Waals surface area contributed by atoms with Gasteiger partial charge in [-0.25, -0.2) is 9.37 Å². The van der Waals surface area contributed by atoms with E-state index in [9.17, 15) is 9.18 Å². The van der Waals surface area contributed by atoms with Crippen LogP contribution in [0.25, 0.3) is 5.69 Å². The monoisotopic (exact) mass is 367 g/mol. The van der Waals surface area contributed by atoms with E-state index in [1.54, 1.807) is 49.4 Å². The van der Waals surface area contributed by atoms with E-state index in [1.165, 1.54) is 12.1 Å². The van der Waals surface area contributed by atoms with Gasteiger partial charge in [0, 0.05) is 18.4 Å². The molecule has 1 aliphatic heterocycles. The highest BCUT2D eigenvalue weighted by molar-refractivity contribution is 5.94. The summed E-state index contributed by atoms with van der Waals surface area (Å²) in [4.78, 5) is 16.9. The molecule has 7 heteroatoms. The van der Waals surface area contributed by atoms with Crippen LogP contribution >= 0.6 is 0 Å². The zero-order valence-electron chi connectivity index (χ0n) is 14.9. The highest BCUT2D eigenvalue weighted by atomic mass is 19.1. The van der Waals surface area contributed by atoms with Crippen LogP contribution in [0.4, 0.5) is 10.2 Å². The molecule has 0 radical (unpaired) electrons. The van der Waals surface area contributed by atoms with E-state index in [0.29, 0.717) is 23.0 Å². The molecule has 3 aromatic rings. The molecule has 0 fully saturated rings. The van der Waals surface area contributed by atoms with Crippen molar-refractivity contribution in [1.82, 2.24) is 9.55 Å². The molecule has 0 unspecified atom stereocenters. The summed E-state index contributed by atoms with van der Waals surface area (Å²) in [6.07, 6.45) is 1.90. The number of amides is 1. The normalized spacial score (nSPS) is 15.8. The third-order valence-electron chi connectivity index (χ3n) is 4.69. The molecule has 0 aliphatic carbocycles. The SMILES string of the molecule is COc1ccc(OC)c(-n2cnc3c2NC(=O)C[C@H]3c2ccc(F)cc2)c1. The van der Waals surface area contributed by atoms with Crippen LogP contribution in [0.5, 0.6) is 11.5 Å². The fourth-order valence-electron chi connectivity index (χ4n) is 3.35. The van der Waals surface area contributed by atoms with Crippen molar-refractivity contribution in [3.8, 4) is 17.2 Å². The number of carbonyl (C=O) groups is 1. The summed E-state index contributed by atoms with van der Waals surface area (Å²) < 4.78 is 25.8. The predicted molar refractivity (Wildman–Crippen MR) is 98.2 cm³/mol. The number of fused-ring (bicyclic) bond motifs is 1. The minimum Gasteiger partial charge on any atom is -0.497 e. The predicted octanol–water partition coefficient (Wildman–Crippen LogP) is 3.50. The lowest BCUT2D eigenvalue weighted by Crippen LogP contribution is -2.25. The average Bonchev–Trinajstić information content (AvgIpc) is 3.11. The van der Waals surface area contributed by atoms with Crippen molar-refractivity contribution in [2.75, 3.05) is 19.5 Å². The molecular weight excluding hydrogens is 349 g/mol. The molecular formula is C20H18FN3O3. The number of benzene rings is 2. The van der Waals surface area contributed by atoms with Gasteiger partial charge in [-0.05, 0) is 29.8 Å². The van der Waals surface area contributed by atoms with Crippen LogP contribution < -0.4 is 14.8 Å². The van der Waals surface area contributed by atoms with Gasteiger partial charge in [0.1, 0.15) is 29.5 Å². The third kappa shape index (κ3) is 3.01. The molecule has 0 bridgehead atoms. The number of nitrogens with one attached hydrogen (secondary N) is 1. The lowest BCUT2D eigenvalue weighted by Gasteiger charge is -2.24. The van der Waals surface area contributed by atoms with Crippen molar-refractivity contribution in [2.24, 2.45) is 0 Å². The molecule has 1 amide bonds. The summed E-state index contributed by atoms with van der Waals surface area (Å²) in [5.74, 6) is 1.17. The quantitative estimate of drug-likeness (QED) is 0.766. The molecule has 1 atom stereocenters. The first-order valence-corrected chi connectivity index (χ1v) is 8.45. The first-order chi connectivity index (χ1) is 13.1. The minimum absolute atomic E-state index is 0.125. The maximum absolute atomic E-state index is 13.3. The van der Waals surface area contributed by atoms with E-state index in [2.05, 4.69) is 10.3 Å². The van der Waals surface area contributed by atoms with Crippen molar-refractivity contribution in [2.45, 2.75) is 12.3 Å². The van der Waals surface area contributed by atoms with Crippen LogP contribution in [0.1, 0.15) is 23.6 Å². The summed E-state index contributed by atoms with van der Waals surface area (Å²) in [5.41, 5.74) is 2.27. The zero-order chi connectivity index (χ0) is 19.0. The molecule has 0 spiro atoms. The molecule has 0 saturated carbocycles. The Hall–Kier alpha value is -3.35. The molecule has 1 aromatic heterocycles. The number of anilines is 1. The van der Waals surface area contributed by atoms with Gasteiger partial charge < -0.3 is 14.8 Å². The Morgan fingerprint density at radius 1 is 1.15 bits per heavy atom. The number of rotatable bonds is 4. The van der Waals surface area contributed by atoms with E-state index < -0.39 is 0 Å². The molecule has 2 aromatic carbocycles. The highest BCUT2D eigenvalue weighted by Crippen LogP contribution is 2.39. The Morgan fingerprint density at radius 3 is 2.63 bits per heavy atom. The Bertz CT molecular complexity index is 998. The van der Waals surface area contributed by atoms with Gasteiger partial charge in [0.2, 0.25) is 5.91 Å². The largest absolute Gasteiger partial charge is 0.497 e. The Labute approximate surface area is 155 Å². The second-order valence-corrected chi connectivity index (χ2v) is 6.24. The van der Waals surface area contributed by atoms with Gasteiger partial charge in [-0.3, -0.25) is 9.36 Å². The van der Waals surface area contributed by atoms with Gasteiger partial charge in [-0.2, -0.15) is 0 Å². The van der Waals surface area contributed by atoms with Gasteiger partial charge >= 0.3 is 0 Å². The zero-order valence-corrected chi connectivity index (χ0v) is 14.9. The fourth-order valence-corrected chi connectivity index (χ4v) is 3.35. The lowest BCUT2D eigenvalue weighted by molar-refractivity contribution is -0.116. The van der Waals surface area contributed by atoms with Crippen LogP contribution in [-0.2, 0) is 4.79 Å². The van der Waals surface area contributed by atoms with Gasteiger partial charge in [0.15, 0.2) is 0 Å². The molecule has 0 saturated heterocycles. The number of nitrogens with zero attached hydrogens (tertiary/aromatic N) is 2. The molecule has 27 heavy (non-hydrogen) atoms. The van der Waals surface area contributed by atoms with Crippen molar-refractivity contribution in [3.05, 3.63) is 65.9 Å². The standard InChI is InChI=1S/C20H18FN3O3/c1-26-14-7-8-17(27-2)16(9-14)24-11-22-19-15(10-18(25)23-20(19)24)12-3-5-13(21)6-4-12/h3-9,11,15H,10H2,1-2H3,(H,23,25)/t15-/m0/s1. The third-order valence-corrected chi connectivity index (χ3v) is 4.69. The van der Waals surface area contributed by atoms with Crippen LogP contribution in [0.2, 0.25) is 0 Å². The van der Waals surface area contributed by atoms with Crippen LogP contribution in [0, 0.1) is 5.82 Å². The van der Waals surface area contributed by atoms with Crippen molar-refractivity contribution in [3.63, 3.8) is 0 Å². The van der Waals surface area contributed by atoms with Crippen LogP contribution in [-0.4, -0.2) is 29.7 Å². The Balaban J connectivity index is 1.84.